The van der Waals surface area contributed by atoms with Crippen LogP contribution in [0.2, 0.25) is 0 Å². The summed E-state index contributed by atoms with van der Waals surface area (Å²) < 4.78 is 4.94. The fourth-order valence-corrected chi connectivity index (χ4v) is 3.27. The molecule has 2 N–H and O–H groups in total. The van der Waals surface area contributed by atoms with Gasteiger partial charge in [-0.05, 0) is 44.8 Å². The van der Waals surface area contributed by atoms with Crippen LogP contribution in [0.4, 0.5) is 0 Å². The third-order valence-corrected chi connectivity index (χ3v) is 4.61. The number of nitrogens with zero attached hydrogens (tertiary/aromatic N) is 2. The third kappa shape index (κ3) is 8.47. The van der Waals surface area contributed by atoms with Gasteiger partial charge in [0.15, 0.2) is 5.96 Å². The fraction of sp³-hybridized carbons (Fsp3) is 0.600. The van der Waals surface area contributed by atoms with Gasteiger partial charge in [-0.2, -0.15) is 0 Å². The van der Waals surface area contributed by atoms with Gasteiger partial charge in [-0.1, -0.05) is 30.3 Å². The summed E-state index contributed by atoms with van der Waals surface area (Å²) in [6.45, 7) is 6.05. The highest BCUT2D eigenvalue weighted by Crippen LogP contribution is 2.24. The molecule has 1 atom stereocenters. The van der Waals surface area contributed by atoms with Crippen molar-refractivity contribution in [2.45, 2.75) is 38.6 Å². The number of rotatable bonds is 9. The first-order valence-electron chi connectivity index (χ1n) is 9.63. The number of carbonyl (C=O) groups excluding carboxylic acids is 1. The third-order valence-electron chi connectivity index (χ3n) is 4.61. The van der Waals surface area contributed by atoms with Crippen molar-refractivity contribution in [3.8, 4) is 0 Å². The second kappa shape index (κ2) is 13.8. The molecule has 0 aromatic heterocycles. The smallest absolute Gasteiger partial charge is 0.305 e. The van der Waals surface area contributed by atoms with Crippen molar-refractivity contribution in [2.24, 2.45) is 4.99 Å². The molecule has 1 aliphatic heterocycles. The highest BCUT2D eigenvalue weighted by atomic mass is 127. The number of guanidine groups is 1. The lowest BCUT2D eigenvalue weighted by atomic mass is 10.1. The summed E-state index contributed by atoms with van der Waals surface area (Å²) in [5.74, 6) is 0.629. The number of nitrogens with one attached hydrogen (secondary N) is 2. The van der Waals surface area contributed by atoms with Gasteiger partial charge in [0.05, 0.1) is 12.6 Å². The number of hydrogen-bond acceptors (Lipinski definition) is 4. The number of benzene rings is 1. The lowest BCUT2D eigenvalue weighted by Gasteiger charge is -2.29. The van der Waals surface area contributed by atoms with Gasteiger partial charge in [-0.25, -0.2) is 0 Å². The molecule has 0 radical (unpaired) electrons. The van der Waals surface area contributed by atoms with E-state index in [9.17, 15) is 4.79 Å². The molecule has 1 aliphatic rings. The molecule has 1 aromatic carbocycles. The van der Waals surface area contributed by atoms with E-state index in [0.29, 0.717) is 25.6 Å². The number of hydrogen-bond donors (Lipinski definition) is 2. The second-order valence-electron chi connectivity index (χ2n) is 6.46. The molecule has 0 amide bonds. The van der Waals surface area contributed by atoms with Crippen LogP contribution in [0.5, 0.6) is 0 Å². The predicted octanol–water partition coefficient (Wildman–Crippen LogP) is 2.95. The summed E-state index contributed by atoms with van der Waals surface area (Å²) in [5.41, 5.74) is 1.33. The number of aliphatic imine (C=N–C) groups is 1. The van der Waals surface area contributed by atoms with Crippen LogP contribution in [0, 0.1) is 0 Å². The SMILES string of the molecule is CCOC(=O)CCCNC(=NC)NCC(c1ccccc1)N1CCCC1.I. The average Bonchev–Trinajstić information content (AvgIpc) is 3.19. The minimum absolute atomic E-state index is 0. The van der Waals surface area contributed by atoms with Crippen molar-refractivity contribution < 1.29 is 9.53 Å². The summed E-state index contributed by atoms with van der Waals surface area (Å²) in [6, 6.07) is 11.0. The lowest BCUT2D eigenvalue weighted by Crippen LogP contribution is -2.43. The van der Waals surface area contributed by atoms with Gasteiger partial charge in [-0.15, -0.1) is 24.0 Å². The zero-order valence-corrected chi connectivity index (χ0v) is 18.8. The molecular weight excluding hydrogens is 455 g/mol. The Morgan fingerprint density at radius 3 is 2.56 bits per heavy atom. The maximum absolute atomic E-state index is 11.4. The maximum atomic E-state index is 11.4. The van der Waals surface area contributed by atoms with Gasteiger partial charge in [0.1, 0.15) is 0 Å². The van der Waals surface area contributed by atoms with Gasteiger partial charge in [-0.3, -0.25) is 14.7 Å². The van der Waals surface area contributed by atoms with Crippen LogP contribution in [-0.2, 0) is 9.53 Å². The fourth-order valence-electron chi connectivity index (χ4n) is 3.27. The molecule has 0 saturated carbocycles. The van der Waals surface area contributed by atoms with Crippen LogP contribution in [0.3, 0.4) is 0 Å². The molecule has 0 aliphatic carbocycles. The zero-order chi connectivity index (χ0) is 18.6. The van der Waals surface area contributed by atoms with E-state index in [1.165, 1.54) is 18.4 Å². The summed E-state index contributed by atoms with van der Waals surface area (Å²) in [6.07, 6.45) is 3.69. The molecule has 1 heterocycles. The molecule has 27 heavy (non-hydrogen) atoms. The largest absolute Gasteiger partial charge is 0.466 e. The number of halogens is 1. The van der Waals surface area contributed by atoms with E-state index in [4.69, 9.17) is 4.74 Å². The van der Waals surface area contributed by atoms with Crippen molar-refractivity contribution in [1.82, 2.24) is 15.5 Å². The summed E-state index contributed by atoms with van der Waals surface area (Å²) in [5, 5.41) is 6.72. The Bertz CT molecular complexity index is 562. The normalized spacial score (nSPS) is 15.7. The van der Waals surface area contributed by atoms with Crippen molar-refractivity contribution in [2.75, 3.05) is 39.8 Å². The molecular formula is C20H33IN4O2. The Balaban J connectivity index is 0.00000364. The molecule has 0 bridgehead atoms. The minimum Gasteiger partial charge on any atom is -0.466 e. The van der Waals surface area contributed by atoms with E-state index in [1.54, 1.807) is 7.05 Å². The van der Waals surface area contributed by atoms with Crippen LogP contribution < -0.4 is 10.6 Å². The van der Waals surface area contributed by atoms with Crippen LogP contribution in [-0.4, -0.2) is 56.7 Å². The van der Waals surface area contributed by atoms with Crippen LogP contribution >= 0.6 is 24.0 Å². The molecule has 7 heteroatoms. The topological polar surface area (TPSA) is 66.0 Å². The van der Waals surface area contributed by atoms with Crippen LogP contribution in [0.25, 0.3) is 0 Å². The first-order valence-corrected chi connectivity index (χ1v) is 9.63. The van der Waals surface area contributed by atoms with E-state index >= 15 is 0 Å². The van der Waals surface area contributed by atoms with Gasteiger partial charge in [0.25, 0.3) is 0 Å². The molecule has 1 aromatic rings. The van der Waals surface area contributed by atoms with Gasteiger partial charge in [0, 0.05) is 26.6 Å². The first-order chi connectivity index (χ1) is 12.7. The standard InChI is InChI=1S/C20H32N4O2.HI/c1-3-26-19(25)12-9-13-22-20(21-2)23-16-18(24-14-7-8-15-24)17-10-5-4-6-11-17;/h4-6,10-11,18H,3,7-9,12-16H2,1-2H3,(H2,21,22,23);1H. The monoisotopic (exact) mass is 488 g/mol. The van der Waals surface area contributed by atoms with Gasteiger partial charge >= 0.3 is 5.97 Å². The van der Waals surface area contributed by atoms with Crippen molar-refractivity contribution in [1.29, 1.82) is 0 Å². The maximum Gasteiger partial charge on any atom is 0.305 e. The molecule has 1 fully saturated rings. The number of carbonyl (C=O) groups is 1. The number of esters is 1. The van der Waals surface area contributed by atoms with E-state index in [0.717, 1.165) is 32.0 Å². The van der Waals surface area contributed by atoms with E-state index < -0.39 is 0 Å². The van der Waals surface area contributed by atoms with Gasteiger partial charge in [0.2, 0.25) is 0 Å². The summed E-state index contributed by atoms with van der Waals surface area (Å²) in [7, 11) is 1.77. The Morgan fingerprint density at radius 1 is 1.22 bits per heavy atom. The van der Waals surface area contributed by atoms with E-state index in [-0.39, 0.29) is 29.9 Å². The molecule has 1 saturated heterocycles. The Labute approximate surface area is 180 Å². The molecule has 1 unspecified atom stereocenters. The summed E-state index contributed by atoms with van der Waals surface area (Å²) >= 11 is 0. The predicted molar refractivity (Wildman–Crippen MR) is 121 cm³/mol. The molecule has 6 nitrogen and oxygen atoms in total. The Kier molecular flexibility index (Phi) is 12.1. The number of ether oxygens (including phenoxy) is 1. The quantitative estimate of drug-likeness (QED) is 0.184. The molecule has 152 valence electrons. The van der Waals surface area contributed by atoms with Gasteiger partial charge < -0.3 is 15.4 Å². The van der Waals surface area contributed by atoms with Crippen molar-refractivity contribution in [3.05, 3.63) is 35.9 Å². The van der Waals surface area contributed by atoms with E-state index in [2.05, 4.69) is 50.9 Å². The Morgan fingerprint density at radius 2 is 1.93 bits per heavy atom. The van der Waals surface area contributed by atoms with Crippen molar-refractivity contribution >= 4 is 35.9 Å². The zero-order valence-electron chi connectivity index (χ0n) is 16.4. The highest BCUT2D eigenvalue weighted by Gasteiger charge is 2.23. The summed E-state index contributed by atoms with van der Waals surface area (Å²) in [4.78, 5) is 18.2. The van der Waals surface area contributed by atoms with Crippen LogP contribution in [0.1, 0.15) is 44.2 Å². The minimum atomic E-state index is -0.143. The highest BCUT2D eigenvalue weighted by molar-refractivity contribution is 14.0. The average molecular weight is 488 g/mol. The lowest BCUT2D eigenvalue weighted by molar-refractivity contribution is -0.143. The molecule has 0 spiro atoms. The number of likely N-dealkylation sites (tertiary alicyclic amines) is 1. The second-order valence-corrected chi connectivity index (χ2v) is 6.46. The van der Waals surface area contributed by atoms with Crippen LogP contribution in [0.15, 0.2) is 35.3 Å². The molecule has 2 rings (SSSR count). The Hall–Kier alpha value is -1.35. The van der Waals surface area contributed by atoms with E-state index in [1.807, 2.05) is 6.92 Å². The van der Waals surface area contributed by atoms with Crippen molar-refractivity contribution in [3.63, 3.8) is 0 Å². The first kappa shape index (κ1) is 23.7.